The van der Waals surface area contributed by atoms with Gasteiger partial charge in [-0.3, -0.25) is 9.59 Å². The Labute approximate surface area is 148 Å². The molecule has 1 aliphatic rings. The molecule has 0 amide bonds. The van der Waals surface area contributed by atoms with E-state index in [2.05, 4.69) is 5.10 Å². The number of carbonyl (C=O) groups is 2. The first kappa shape index (κ1) is 15.9. The second-order valence-electron chi connectivity index (χ2n) is 5.72. The molecule has 4 rings (SSSR count). The van der Waals surface area contributed by atoms with Gasteiger partial charge in [0, 0.05) is 6.20 Å². The van der Waals surface area contributed by atoms with Gasteiger partial charge in [0.1, 0.15) is 12.4 Å². The Morgan fingerprint density at radius 1 is 1.08 bits per heavy atom. The summed E-state index contributed by atoms with van der Waals surface area (Å²) in [6.45, 7) is 0.0540. The molecule has 0 bridgehead atoms. The predicted molar refractivity (Wildman–Crippen MR) is 90.7 cm³/mol. The fourth-order valence-electron chi connectivity index (χ4n) is 2.67. The minimum atomic E-state index is -0.863. The molecule has 26 heavy (non-hydrogen) atoms. The summed E-state index contributed by atoms with van der Waals surface area (Å²) in [5.74, 6) is 0.0588. The minimum absolute atomic E-state index is 0.0540. The fraction of sp³-hybridized carbons (Fsp3) is 0.105. The first-order valence-corrected chi connectivity index (χ1v) is 7.93. The average molecular weight is 350 g/mol. The molecule has 2 heterocycles. The highest BCUT2D eigenvalue weighted by atomic mass is 16.6. The zero-order valence-electron chi connectivity index (χ0n) is 13.5. The van der Waals surface area contributed by atoms with Crippen LogP contribution in [-0.2, 0) is 0 Å². The van der Waals surface area contributed by atoms with E-state index in [4.69, 9.17) is 9.47 Å². The number of fused-ring (bicyclic) bond motifs is 1. The molecule has 1 aromatic heterocycles. The molecular weight excluding hydrogens is 336 g/mol. The van der Waals surface area contributed by atoms with Crippen molar-refractivity contribution < 1.29 is 24.2 Å². The van der Waals surface area contributed by atoms with E-state index < -0.39 is 17.8 Å². The number of phenols is 1. The Bertz CT molecular complexity index is 995. The van der Waals surface area contributed by atoms with Crippen LogP contribution in [0, 0.1) is 0 Å². The lowest BCUT2D eigenvalue weighted by Crippen LogP contribution is -2.39. The van der Waals surface area contributed by atoms with Crippen LogP contribution in [0.1, 0.15) is 20.7 Å². The van der Waals surface area contributed by atoms with Gasteiger partial charge < -0.3 is 14.6 Å². The molecule has 0 saturated carbocycles. The van der Waals surface area contributed by atoms with Crippen LogP contribution >= 0.6 is 0 Å². The number of nitrogens with zero attached hydrogens (tertiary/aromatic N) is 2. The molecule has 0 radical (unpaired) electrons. The molecule has 0 aliphatic carbocycles. The zero-order chi connectivity index (χ0) is 18.1. The van der Waals surface area contributed by atoms with E-state index in [1.54, 1.807) is 30.3 Å². The Hall–Kier alpha value is -3.61. The molecule has 1 atom stereocenters. The summed E-state index contributed by atoms with van der Waals surface area (Å²) in [6, 6.07) is 13.3. The summed E-state index contributed by atoms with van der Waals surface area (Å²) in [4.78, 5) is 25.0. The summed E-state index contributed by atoms with van der Waals surface area (Å²) in [7, 11) is 0. The Kier molecular flexibility index (Phi) is 3.89. The normalized spacial score (nSPS) is 15.5. The van der Waals surface area contributed by atoms with Gasteiger partial charge in [-0.05, 0) is 24.3 Å². The van der Waals surface area contributed by atoms with E-state index in [0.29, 0.717) is 11.5 Å². The largest absolute Gasteiger partial charge is 0.507 e. The number of hydrogen-bond acceptors (Lipinski definition) is 6. The van der Waals surface area contributed by atoms with Gasteiger partial charge in [0.2, 0.25) is 6.10 Å². The average Bonchev–Trinajstić information content (AvgIpc) is 3.17. The monoisotopic (exact) mass is 350 g/mol. The Morgan fingerprint density at radius 3 is 2.62 bits per heavy atom. The summed E-state index contributed by atoms with van der Waals surface area (Å²) < 4.78 is 12.2. The number of aromatic nitrogens is 2. The first-order chi connectivity index (χ1) is 12.6. The van der Waals surface area contributed by atoms with Crippen molar-refractivity contribution in [1.29, 1.82) is 0 Å². The molecule has 7 heteroatoms. The number of carbonyl (C=O) groups excluding carboxylic acids is 2. The van der Waals surface area contributed by atoms with E-state index in [1.807, 2.05) is 6.07 Å². The van der Waals surface area contributed by atoms with Crippen molar-refractivity contribution >= 4 is 11.7 Å². The Morgan fingerprint density at radius 2 is 1.81 bits per heavy atom. The lowest BCUT2D eigenvalue weighted by atomic mass is 10.1. The van der Waals surface area contributed by atoms with Crippen molar-refractivity contribution in [1.82, 2.24) is 9.78 Å². The van der Waals surface area contributed by atoms with Crippen molar-refractivity contribution in [2.45, 2.75) is 6.10 Å². The van der Waals surface area contributed by atoms with E-state index in [1.165, 1.54) is 24.5 Å². The van der Waals surface area contributed by atoms with Gasteiger partial charge in [0.25, 0.3) is 5.91 Å². The lowest BCUT2D eigenvalue weighted by molar-refractivity contribution is 0.0485. The van der Waals surface area contributed by atoms with Crippen LogP contribution in [-0.4, -0.2) is 39.3 Å². The van der Waals surface area contributed by atoms with Crippen LogP contribution in [0.4, 0.5) is 0 Å². The summed E-state index contributed by atoms with van der Waals surface area (Å²) in [5, 5.41) is 13.8. The molecule has 3 aromatic rings. The number of hydrogen-bond donors (Lipinski definition) is 1. The van der Waals surface area contributed by atoms with Gasteiger partial charge in [-0.2, -0.15) is 5.10 Å². The van der Waals surface area contributed by atoms with Crippen molar-refractivity contribution in [3.8, 4) is 17.2 Å². The van der Waals surface area contributed by atoms with Gasteiger partial charge in [0.15, 0.2) is 17.3 Å². The van der Waals surface area contributed by atoms with Gasteiger partial charge in [-0.25, -0.2) is 4.68 Å². The van der Waals surface area contributed by atoms with Crippen molar-refractivity contribution in [2.75, 3.05) is 6.61 Å². The number of benzene rings is 2. The van der Waals surface area contributed by atoms with E-state index in [-0.39, 0.29) is 23.5 Å². The highest BCUT2D eigenvalue weighted by Crippen LogP contribution is 2.31. The van der Waals surface area contributed by atoms with Crippen LogP contribution < -0.4 is 9.47 Å². The number of rotatable bonds is 3. The number of aromatic hydroxyl groups is 1. The second kappa shape index (κ2) is 6.36. The molecule has 0 unspecified atom stereocenters. The summed E-state index contributed by atoms with van der Waals surface area (Å²) in [6.07, 6.45) is 1.74. The highest BCUT2D eigenvalue weighted by Gasteiger charge is 2.29. The van der Waals surface area contributed by atoms with Crippen LogP contribution in [0.15, 0.2) is 60.9 Å². The number of ketones is 1. The van der Waals surface area contributed by atoms with Crippen molar-refractivity contribution in [2.24, 2.45) is 0 Å². The third kappa shape index (κ3) is 2.79. The molecule has 1 N–H and O–H groups in total. The van der Waals surface area contributed by atoms with Crippen molar-refractivity contribution in [3.63, 3.8) is 0 Å². The van der Waals surface area contributed by atoms with E-state index in [0.717, 1.165) is 4.68 Å². The maximum atomic E-state index is 12.6. The molecular formula is C19H14N2O5. The minimum Gasteiger partial charge on any atom is -0.507 e. The molecule has 0 saturated heterocycles. The van der Waals surface area contributed by atoms with Crippen molar-refractivity contribution in [3.05, 3.63) is 72.1 Å². The summed E-state index contributed by atoms with van der Waals surface area (Å²) >= 11 is 0. The molecule has 7 nitrogen and oxygen atoms in total. The predicted octanol–water partition coefficient (Wildman–Crippen LogP) is 2.30. The van der Waals surface area contributed by atoms with Crippen LogP contribution in [0.25, 0.3) is 0 Å². The van der Waals surface area contributed by atoms with Gasteiger partial charge in [-0.1, -0.05) is 24.3 Å². The second-order valence-corrected chi connectivity index (χ2v) is 5.72. The standard InChI is InChI=1S/C19H14N2O5/c22-14-6-2-1-5-13(14)18(23)12-9-20-21(10-12)19(24)17-11-25-15-7-3-4-8-16(15)26-17/h1-10,17,22H,11H2/t17-/m0/s1. The summed E-state index contributed by atoms with van der Waals surface area (Å²) in [5.41, 5.74) is 0.336. The molecule has 0 spiro atoms. The van der Waals surface area contributed by atoms with Gasteiger partial charge in [0.05, 0.1) is 17.3 Å². The topological polar surface area (TPSA) is 90.7 Å². The third-order valence-corrected chi connectivity index (χ3v) is 4.00. The number of ether oxygens (including phenoxy) is 2. The smallest absolute Gasteiger partial charge is 0.291 e. The first-order valence-electron chi connectivity index (χ1n) is 7.93. The van der Waals surface area contributed by atoms with Crippen LogP contribution in [0.2, 0.25) is 0 Å². The van der Waals surface area contributed by atoms with E-state index in [9.17, 15) is 14.7 Å². The molecule has 2 aromatic carbocycles. The SMILES string of the molecule is O=C(c1cnn(C(=O)[C@@H]2COc3ccccc3O2)c1)c1ccccc1O. The molecule has 0 fully saturated rings. The van der Waals surface area contributed by atoms with E-state index >= 15 is 0 Å². The lowest BCUT2D eigenvalue weighted by Gasteiger charge is -2.24. The van der Waals surface area contributed by atoms with Crippen LogP contribution in [0.3, 0.4) is 0 Å². The molecule has 130 valence electrons. The maximum Gasteiger partial charge on any atom is 0.291 e. The maximum absolute atomic E-state index is 12.6. The highest BCUT2D eigenvalue weighted by molar-refractivity contribution is 6.10. The van der Waals surface area contributed by atoms with Crippen LogP contribution in [0.5, 0.6) is 17.2 Å². The third-order valence-electron chi connectivity index (χ3n) is 4.00. The Balaban J connectivity index is 1.54. The number of phenolic OH excluding ortho intramolecular Hbond substituents is 1. The van der Waals surface area contributed by atoms with Gasteiger partial charge in [-0.15, -0.1) is 0 Å². The molecule has 1 aliphatic heterocycles. The number of para-hydroxylation sites is 3. The fourth-order valence-corrected chi connectivity index (χ4v) is 2.67. The van der Waals surface area contributed by atoms with Gasteiger partial charge >= 0.3 is 0 Å². The zero-order valence-corrected chi connectivity index (χ0v) is 13.5. The quantitative estimate of drug-likeness (QED) is 0.729.